The first-order valence-electron chi connectivity index (χ1n) is 10.1. The minimum absolute atomic E-state index is 0.0462. The number of carbonyl (C=O) groups excluding carboxylic acids is 2. The number of rotatable bonds is 9. The van der Waals surface area contributed by atoms with Crippen molar-refractivity contribution < 1.29 is 14.3 Å². The summed E-state index contributed by atoms with van der Waals surface area (Å²) in [6.45, 7) is 1.19. The van der Waals surface area contributed by atoms with Gasteiger partial charge in [0.1, 0.15) is 0 Å². The van der Waals surface area contributed by atoms with Crippen molar-refractivity contribution in [3.05, 3.63) is 29.8 Å². The van der Waals surface area contributed by atoms with E-state index >= 15 is 0 Å². The molecule has 0 aliphatic heterocycles. The molecule has 0 saturated heterocycles. The lowest BCUT2D eigenvalue weighted by Crippen LogP contribution is -2.34. The fraction of sp³-hybridized carbons (Fsp3) is 0.571. The van der Waals surface area contributed by atoms with E-state index in [0.29, 0.717) is 31.1 Å². The molecule has 2 amide bonds. The highest BCUT2D eigenvalue weighted by atomic mass is 32.1. The minimum Gasteiger partial charge on any atom is -0.385 e. The first-order chi connectivity index (χ1) is 13.6. The average molecular weight is 406 g/mol. The summed E-state index contributed by atoms with van der Waals surface area (Å²) in [7, 11) is 1.64. The number of benzene rings is 1. The number of hydrogen-bond acceptors (Lipinski definition) is 4. The third-order valence-corrected chi connectivity index (χ3v) is 5.18. The molecule has 6 nitrogen and oxygen atoms in total. The molecule has 1 fully saturated rings. The first kappa shape index (κ1) is 22.3. The zero-order valence-corrected chi connectivity index (χ0v) is 17.4. The molecule has 1 aliphatic rings. The first-order valence-corrected chi connectivity index (χ1v) is 10.5. The monoisotopic (exact) mass is 405 g/mol. The summed E-state index contributed by atoms with van der Waals surface area (Å²) in [6.07, 6.45) is 8.59. The molecule has 3 N–H and O–H groups in total. The second-order valence-corrected chi connectivity index (χ2v) is 7.63. The number of anilines is 1. The predicted octanol–water partition coefficient (Wildman–Crippen LogP) is 3.63. The van der Waals surface area contributed by atoms with Crippen molar-refractivity contribution in [3.63, 3.8) is 0 Å². The van der Waals surface area contributed by atoms with Gasteiger partial charge in [0.15, 0.2) is 5.11 Å². The minimum atomic E-state index is -0.124. The summed E-state index contributed by atoms with van der Waals surface area (Å²) in [5.41, 5.74) is 1.30. The molecule has 28 heavy (non-hydrogen) atoms. The Morgan fingerprint density at radius 3 is 2.54 bits per heavy atom. The number of hydrogen-bond donors (Lipinski definition) is 3. The second kappa shape index (κ2) is 12.5. The molecule has 1 aliphatic carbocycles. The number of carbonyl (C=O) groups is 2. The Kier molecular flexibility index (Phi) is 9.93. The van der Waals surface area contributed by atoms with Crippen molar-refractivity contribution in [1.82, 2.24) is 10.6 Å². The summed E-state index contributed by atoms with van der Waals surface area (Å²) >= 11 is 5.22. The van der Waals surface area contributed by atoms with Gasteiger partial charge in [0, 0.05) is 37.9 Å². The van der Waals surface area contributed by atoms with Crippen LogP contribution >= 0.6 is 12.2 Å². The van der Waals surface area contributed by atoms with Crippen molar-refractivity contribution in [2.75, 3.05) is 25.6 Å². The molecule has 0 unspecified atom stereocenters. The van der Waals surface area contributed by atoms with E-state index in [1.165, 1.54) is 32.1 Å². The van der Waals surface area contributed by atoms with Gasteiger partial charge in [-0.3, -0.25) is 9.59 Å². The van der Waals surface area contributed by atoms with Gasteiger partial charge in [0.25, 0.3) is 5.91 Å². The lowest BCUT2D eigenvalue weighted by molar-refractivity contribution is -0.120. The normalized spacial score (nSPS) is 14.3. The summed E-state index contributed by atoms with van der Waals surface area (Å²) in [6, 6.07) is 6.98. The fourth-order valence-corrected chi connectivity index (χ4v) is 3.62. The highest BCUT2D eigenvalue weighted by Crippen LogP contribution is 2.27. The molecule has 0 atom stereocenters. The number of thiocarbonyl (C=S) groups is 1. The van der Waals surface area contributed by atoms with Gasteiger partial charge in [-0.25, -0.2) is 0 Å². The number of nitrogens with one attached hydrogen (secondary N) is 3. The Balaban J connectivity index is 1.69. The van der Waals surface area contributed by atoms with Gasteiger partial charge in [-0.1, -0.05) is 32.1 Å². The maximum atomic E-state index is 12.1. The van der Waals surface area contributed by atoms with Gasteiger partial charge in [-0.2, -0.15) is 0 Å². The molecule has 0 spiro atoms. The Bertz CT molecular complexity index is 643. The molecule has 154 valence electrons. The lowest BCUT2D eigenvalue weighted by atomic mass is 9.86. The SMILES string of the molecule is COCCCNC(=O)c1ccc(NC(=S)NC(=O)CCC2CCCCC2)cc1. The van der Waals surface area contributed by atoms with E-state index in [9.17, 15) is 9.59 Å². The summed E-state index contributed by atoms with van der Waals surface area (Å²) in [5, 5.41) is 8.85. The van der Waals surface area contributed by atoms with Gasteiger partial charge >= 0.3 is 0 Å². The molecular weight excluding hydrogens is 374 g/mol. The van der Waals surface area contributed by atoms with Gasteiger partial charge in [0.2, 0.25) is 5.91 Å². The smallest absolute Gasteiger partial charge is 0.251 e. The fourth-order valence-electron chi connectivity index (χ4n) is 3.39. The lowest BCUT2D eigenvalue weighted by Gasteiger charge is -2.21. The van der Waals surface area contributed by atoms with E-state index in [0.717, 1.165) is 18.5 Å². The molecule has 0 heterocycles. The van der Waals surface area contributed by atoms with Crippen LogP contribution in [-0.4, -0.2) is 37.2 Å². The van der Waals surface area contributed by atoms with Gasteiger partial charge < -0.3 is 20.7 Å². The third kappa shape index (κ3) is 8.35. The summed E-state index contributed by atoms with van der Waals surface area (Å²) < 4.78 is 4.95. The maximum absolute atomic E-state index is 12.1. The molecule has 0 aromatic heterocycles. The molecule has 1 aromatic rings. The Morgan fingerprint density at radius 1 is 1.14 bits per heavy atom. The Morgan fingerprint density at radius 2 is 1.86 bits per heavy atom. The van der Waals surface area contributed by atoms with Crippen LogP contribution in [0, 0.1) is 5.92 Å². The van der Waals surface area contributed by atoms with Crippen molar-refractivity contribution in [2.24, 2.45) is 5.92 Å². The standard InChI is InChI=1S/C21H31N3O3S/c1-27-15-5-14-22-20(26)17-9-11-18(12-10-17)23-21(28)24-19(25)13-8-16-6-3-2-4-7-16/h9-12,16H,2-8,13-15H2,1H3,(H,22,26)(H2,23,24,25,28). The average Bonchev–Trinajstić information content (AvgIpc) is 2.71. The molecule has 0 radical (unpaired) electrons. The maximum Gasteiger partial charge on any atom is 0.251 e. The summed E-state index contributed by atoms with van der Waals surface area (Å²) in [4.78, 5) is 24.1. The zero-order chi connectivity index (χ0) is 20.2. The van der Waals surface area contributed by atoms with Gasteiger partial charge in [-0.05, 0) is 55.2 Å². The van der Waals surface area contributed by atoms with Crippen molar-refractivity contribution in [1.29, 1.82) is 0 Å². The van der Waals surface area contributed by atoms with Crippen LogP contribution in [0.2, 0.25) is 0 Å². The second-order valence-electron chi connectivity index (χ2n) is 7.22. The molecule has 7 heteroatoms. The van der Waals surface area contributed by atoms with Crippen LogP contribution in [0.25, 0.3) is 0 Å². The zero-order valence-electron chi connectivity index (χ0n) is 16.6. The van der Waals surface area contributed by atoms with E-state index in [4.69, 9.17) is 17.0 Å². The van der Waals surface area contributed by atoms with Crippen molar-refractivity contribution >= 4 is 34.8 Å². The molecular formula is C21H31N3O3S. The van der Waals surface area contributed by atoms with E-state index in [-0.39, 0.29) is 16.9 Å². The van der Waals surface area contributed by atoms with E-state index in [1.54, 1.807) is 31.4 Å². The van der Waals surface area contributed by atoms with Crippen LogP contribution in [0.4, 0.5) is 5.69 Å². The summed E-state index contributed by atoms with van der Waals surface area (Å²) in [5.74, 6) is 0.505. The third-order valence-electron chi connectivity index (χ3n) is 4.97. The highest BCUT2D eigenvalue weighted by molar-refractivity contribution is 7.80. The van der Waals surface area contributed by atoms with E-state index in [1.807, 2.05) is 0 Å². The molecule has 1 saturated carbocycles. The number of ether oxygens (including phenoxy) is 1. The van der Waals surface area contributed by atoms with Crippen LogP contribution < -0.4 is 16.0 Å². The quantitative estimate of drug-likeness (QED) is 0.432. The number of amides is 2. The topological polar surface area (TPSA) is 79.5 Å². The predicted molar refractivity (Wildman–Crippen MR) is 115 cm³/mol. The van der Waals surface area contributed by atoms with Crippen molar-refractivity contribution in [2.45, 2.75) is 51.4 Å². The molecule has 2 rings (SSSR count). The van der Waals surface area contributed by atoms with Gasteiger partial charge in [0.05, 0.1) is 0 Å². The van der Waals surface area contributed by atoms with Crippen LogP contribution in [0.1, 0.15) is 61.7 Å². The van der Waals surface area contributed by atoms with E-state index < -0.39 is 0 Å². The van der Waals surface area contributed by atoms with E-state index in [2.05, 4.69) is 16.0 Å². The number of methoxy groups -OCH3 is 1. The largest absolute Gasteiger partial charge is 0.385 e. The molecule has 1 aromatic carbocycles. The van der Waals surface area contributed by atoms with Crippen LogP contribution in [0.15, 0.2) is 24.3 Å². The Hall–Kier alpha value is -1.99. The van der Waals surface area contributed by atoms with Crippen LogP contribution in [-0.2, 0) is 9.53 Å². The van der Waals surface area contributed by atoms with Crippen LogP contribution in [0.3, 0.4) is 0 Å². The Labute approximate surface area is 172 Å². The van der Waals surface area contributed by atoms with Gasteiger partial charge in [-0.15, -0.1) is 0 Å². The van der Waals surface area contributed by atoms with Crippen LogP contribution in [0.5, 0.6) is 0 Å². The highest BCUT2D eigenvalue weighted by Gasteiger charge is 2.15. The molecule has 0 bridgehead atoms. The van der Waals surface area contributed by atoms with Crippen molar-refractivity contribution in [3.8, 4) is 0 Å².